The molecule has 0 aromatic carbocycles. The zero-order chi connectivity index (χ0) is 12.4. The van der Waals surface area contributed by atoms with Gasteiger partial charge in [-0.3, -0.25) is 4.79 Å². The highest BCUT2D eigenvalue weighted by Crippen LogP contribution is 2.27. The first kappa shape index (κ1) is 12.1. The van der Waals surface area contributed by atoms with E-state index in [1.807, 2.05) is 6.07 Å². The Labute approximate surface area is 111 Å². The molecule has 0 radical (unpaired) electrons. The van der Waals surface area contributed by atoms with Gasteiger partial charge in [-0.15, -0.1) is 11.3 Å². The van der Waals surface area contributed by atoms with Crippen LogP contribution in [0.3, 0.4) is 0 Å². The lowest BCUT2D eigenvalue weighted by molar-refractivity contribution is 0.0933. The van der Waals surface area contributed by atoms with E-state index in [9.17, 15) is 4.79 Å². The molecule has 2 N–H and O–H groups in total. The summed E-state index contributed by atoms with van der Waals surface area (Å²) in [6.07, 6.45) is 3.00. The van der Waals surface area contributed by atoms with Crippen LogP contribution in [-0.2, 0) is 17.8 Å². The highest BCUT2D eigenvalue weighted by atomic mass is 32.1. The van der Waals surface area contributed by atoms with Crippen LogP contribution in [0, 0.1) is 0 Å². The third-order valence-electron chi connectivity index (χ3n) is 3.53. The second-order valence-corrected chi connectivity index (χ2v) is 6.00. The van der Waals surface area contributed by atoms with Crippen molar-refractivity contribution in [3.05, 3.63) is 21.4 Å². The minimum atomic E-state index is 0.0845. The van der Waals surface area contributed by atoms with Crippen molar-refractivity contribution in [2.45, 2.75) is 31.9 Å². The Morgan fingerprint density at radius 3 is 3.06 bits per heavy atom. The molecule has 1 amide bonds. The van der Waals surface area contributed by atoms with Crippen LogP contribution in [-0.4, -0.2) is 31.6 Å². The van der Waals surface area contributed by atoms with E-state index in [-0.39, 0.29) is 5.91 Å². The monoisotopic (exact) mass is 266 g/mol. The molecule has 0 unspecified atom stereocenters. The van der Waals surface area contributed by atoms with Crippen molar-refractivity contribution in [2.75, 3.05) is 19.7 Å². The molecule has 0 atom stereocenters. The largest absolute Gasteiger partial charge is 0.376 e. The molecule has 0 bridgehead atoms. The molecule has 5 heteroatoms. The van der Waals surface area contributed by atoms with Crippen molar-refractivity contribution in [1.82, 2.24) is 10.6 Å². The summed E-state index contributed by atoms with van der Waals surface area (Å²) in [6.45, 7) is 3.44. The molecular weight excluding hydrogens is 248 g/mol. The lowest BCUT2D eigenvalue weighted by Gasteiger charge is -2.23. The predicted octanol–water partition coefficient (Wildman–Crippen LogP) is 1.30. The SMILES string of the molecule is O=C(NC1CCNCC1)c1cc2c(s1)CCOC2. The molecule has 2 aliphatic rings. The molecule has 1 fully saturated rings. The third kappa shape index (κ3) is 2.58. The fraction of sp³-hybridized carbons (Fsp3) is 0.615. The second-order valence-electron chi connectivity index (χ2n) is 4.86. The number of thiophene rings is 1. The van der Waals surface area contributed by atoms with Gasteiger partial charge in [-0.05, 0) is 37.6 Å². The summed E-state index contributed by atoms with van der Waals surface area (Å²) in [5.74, 6) is 0.0845. The maximum atomic E-state index is 12.2. The van der Waals surface area contributed by atoms with Gasteiger partial charge in [0.25, 0.3) is 5.91 Å². The normalized spacial score (nSPS) is 20.4. The number of fused-ring (bicyclic) bond motifs is 1. The van der Waals surface area contributed by atoms with Crippen molar-refractivity contribution >= 4 is 17.2 Å². The number of nitrogens with one attached hydrogen (secondary N) is 2. The average molecular weight is 266 g/mol. The molecule has 98 valence electrons. The fourth-order valence-corrected chi connectivity index (χ4v) is 3.53. The first-order chi connectivity index (χ1) is 8.83. The summed E-state index contributed by atoms with van der Waals surface area (Å²) in [5, 5.41) is 6.44. The van der Waals surface area contributed by atoms with E-state index in [1.54, 1.807) is 11.3 Å². The molecule has 1 saturated heterocycles. The van der Waals surface area contributed by atoms with E-state index < -0.39 is 0 Å². The predicted molar refractivity (Wildman–Crippen MR) is 71.0 cm³/mol. The van der Waals surface area contributed by atoms with Gasteiger partial charge in [0, 0.05) is 17.3 Å². The van der Waals surface area contributed by atoms with Crippen molar-refractivity contribution in [3.8, 4) is 0 Å². The molecule has 18 heavy (non-hydrogen) atoms. The Hall–Kier alpha value is -0.910. The summed E-state index contributed by atoms with van der Waals surface area (Å²) in [5.41, 5.74) is 1.20. The lowest BCUT2D eigenvalue weighted by atomic mass is 10.1. The molecular formula is C13H18N2O2S. The van der Waals surface area contributed by atoms with Crippen LogP contribution in [0.5, 0.6) is 0 Å². The van der Waals surface area contributed by atoms with Gasteiger partial charge in [-0.2, -0.15) is 0 Å². The number of hydrogen-bond donors (Lipinski definition) is 2. The number of hydrogen-bond acceptors (Lipinski definition) is 4. The van der Waals surface area contributed by atoms with Crippen LogP contribution in [0.25, 0.3) is 0 Å². The van der Waals surface area contributed by atoms with E-state index in [1.165, 1.54) is 10.4 Å². The van der Waals surface area contributed by atoms with Crippen molar-refractivity contribution in [2.24, 2.45) is 0 Å². The number of amides is 1. The third-order valence-corrected chi connectivity index (χ3v) is 4.76. The Kier molecular flexibility index (Phi) is 3.63. The zero-order valence-electron chi connectivity index (χ0n) is 10.3. The maximum absolute atomic E-state index is 12.2. The summed E-state index contributed by atoms with van der Waals surface area (Å²) >= 11 is 1.62. The summed E-state index contributed by atoms with van der Waals surface area (Å²) in [4.78, 5) is 14.3. The number of rotatable bonds is 2. The van der Waals surface area contributed by atoms with E-state index in [4.69, 9.17) is 4.74 Å². The lowest BCUT2D eigenvalue weighted by Crippen LogP contribution is -2.42. The quantitative estimate of drug-likeness (QED) is 0.848. The Morgan fingerprint density at radius 1 is 1.44 bits per heavy atom. The van der Waals surface area contributed by atoms with Gasteiger partial charge in [-0.1, -0.05) is 0 Å². The highest BCUT2D eigenvalue weighted by molar-refractivity contribution is 7.14. The van der Waals surface area contributed by atoms with Crippen molar-refractivity contribution < 1.29 is 9.53 Å². The molecule has 0 aliphatic carbocycles. The molecule has 3 heterocycles. The van der Waals surface area contributed by atoms with Gasteiger partial charge in [0.15, 0.2) is 0 Å². The zero-order valence-corrected chi connectivity index (χ0v) is 11.1. The second kappa shape index (κ2) is 5.38. The van der Waals surface area contributed by atoms with Crippen molar-refractivity contribution in [3.63, 3.8) is 0 Å². The van der Waals surface area contributed by atoms with Crippen molar-refractivity contribution in [1.29, 1.82) is 0 Å². The Balaban J connectivity index is 1.66. The number of ether oxygens (including phenoxy) is 1. The summed E-state index contributed by atoms with van der Waals surface area (Å²) in [6, 6.07) is 2.32. The van der Waals surface area contributed by atoms with Gasteiger partial charge in [0.1, 0.15) is 0 Å². The van der Waals surface area contributed by atoms with Crippen LogP contribution in [0.15, 0.2) is 6.07 Å². The first-order valence-corrected chi connectivity index (χ1v) is 7.35. The number of piperidine rings is 1. The number of carbonyl (C=O) groups is 1. The van der Waals surface area contributed by atoms with E-state index in [0.29, 0.717) is 12.6 Å². The van der Waals surface area contributed by atoms with E-state index >= 15 is 0 Å². The molecule has 4 nitrogen and oxygen atoms in total. The highest BCUT2D eigenvalue weighted by Gasteiger charge is 2.20. The standard InChI is InChI=1S/C13H18N2O2S/c16-13(15-10-1-4-14-5-2-10)12-7-9-8-17-6-3-11(9)18-12/h7,10,14H,1-6,8H2,(H,15,16). The Bertz CT molecular complexity index is 415. The molecule has 0 spiro atoms. The molecule has 0 saturated carbocycles. The van der Waals surface area contributed by atoms with Crippen LogP contribution in [0.4, 0.5) is 0 Å². The van der Waals surface area contributed by atoms with Crippen LogP contribution in [0.2, 0.25) is 0 Å². The van der Waals surface area contributed by atoms with Crippen LogP contribution >= 0.6 is 11.3 Å². The maximum Gasteiger partial charge on any atom is 0.261 e. The fourth-order valence-electron chi connectivity index (χ4n) is 2.48. The molecule has 2 aliphatic heterocycles. The van der Waals surface area contributed by atoms with Crippen LogP contribution < -0.4 is 10.6 Å². The minimum absolute atomic E-state index is 0.0845. The van der Waals surface area contributed by atoms with Crippen LogP contribution in [0.1, 0.15) is 33.0 Å². The summed E-state index contributed by atoms with van der Waals surface area (Å²) < 4.78 is 5.41. The molecule has 1 aromatic heterocycles. The van der Waals surface area contributed by atoms with Gasteiger partial charge in [0.05, 0.1) is 18.1 Å². The smallest absolute Gasteiger partial charge is 0.261 e. The minimum Gasteiger partial charge on any atom is -0.376 e. The topological polar surface area (TPSA) is 50.4 Å². The Morgan fingerprint density at radius 2 is 2.28 bits per heavy atom. The van der Waals surface area contributed by atoms with Gasteiger partial charge in [0.2, 0.25) is 0 Å². The van der Waals surface area contributed by atoms with E-state index in [2.05, 4.69) is 10.6 Å². The van der Waals surface area contributed by atoms with E-state index in [0.717, 1.165) is 43.8 Å². The molecule has 3 rings (SSSR count). The van der Waals surface area contributed by atoms with Gasteiger partial charge in [-0.25, -0.2) is 0 Å². The summed E-state index contributed by atoms with van der Waals surface area (Å²) in [7, 11) is 0. The van der Waals surface area contributed by atoms with Gasteiger partial charge >= 0.3 is 0 Å². The van der Waals surface area contributed by atoms with Gasteiger partial charge < -0.3 is 15.4 Å². The first-order valence-electron chi connectivity index (χ1n) is 6.54. The molecule has 1 aromatic rings. The average Bonchev–Trinajstić information content (AvgIpc) is 2.84. The number of carbonyl (C=O) groups excluding carboxylic acids is 1.